The average molecular weight is 443 g/mol. The van der Waals surface area contributed by atoms with E-state index in [9.17, 15) is 9.59 Å². The van der Waals surface area contributed by atoms with Gasteiger partial charge in [0, 0.05) is 31.9 Å². The van der Waals surface area contributed by atoms with Gasteiger partial charge in [0.05, 0.1) is 6.17 Å². The Balaban J connectivity index is 2.17. The average Bonchev–Trinajstić information content (AvgIpc) is 3.16. The van der Waals surface area contributed by atoms with E-state index < -0.39 is 0 Å². The molecule has 0 bridgehead atoms. The molecule has 6 nitrogen and oxygen atoms in total. The number of nitrogens with zero attached hydrogens (tertiary/aromatic N) is 4. The second-order valence-electron chi connectivity index (χ2n) is 9.21. The monoisotopic (exact) mass is 442 g/mol. The standard InChI is InChI=1S/C26H42N4O2/c1-8-15-28(16-13-20(4)5)24-11-12-25(31)30(27(24)7)19-26(32)29-17-14-22(23(29)10-3)18-21(6)9-2/h10-12,18,20,24H,3,8-9,13-17,19H2,1-2,4-7H3/b21-18+. The third kappa shape index (κ3) is 6.42. The summed E-state index contributed by atoms with van der Waals surface area (Å²) in [5, 5.41) is 3.50. The van der Waals surface area contributed by atoms with Crippen LogP contribution in [0.3, 0.4) is 0 Å². The van der Waals surface area contributed by atoms with Crippen LogP contribution in [0.4, 0.5) is 0 Å². The number of allylic oxidation sites excluding steroid dienone is 3. The number of carbonyl (C=O) groups excluding carboxylic acids is 2. The van der Waals surface area contributed by atoms with Gasteiger partial charge in [-0.2, -0.15) is 5.01 Å². The van der Waals surface area contributed by atoms with Gasteiger partial charge in [-0.25, -0.2) is 0 Å². The van der Waals surface area contributed by atoms with Crippen LogP contribution in [0.15, 0.2) is 47.7 Å². The third-order valence-electron chi connectivity index (χ3n) is 6.29. The van der Waals surface area contributed by atoms with E-state index in [2.05, 4.69) is 52.2 Å². The third-order valence-corrected chi connectivity index (χ3v) is 6.29. The van der Waals surface area contributed by atoms with Crippen molar-refractivity contribution in [2.75, 3.05) is 33.2 Å². The van der Waals surface area contributed by atoms with E-state index in [0.717, 1.165) is 50.0 Å². The smallest absolute Gasteiger partial charge is 0.261 e. The molecule has 0 aromatic rings. The molecule has 1 unspecified atom stereocenters. The van der Waals surface area contributed by atoms with E-state index >= 15 is 0 Å². The van der Waals surface area contributed by atoms with Crippen LogP contribution in [-0.2, 0) is 9.59 Å². The molecule has 32 heavy (non-hydrogen) atoms. The Morgan fingerprint density at radius 3 is 2.62 bits per heavy atom. The molecule has 0 saturated carbocycles. The molecule has 6 heteroatoms. The van der Waals surface area contributed by atoms with Gasteiger partial charge < -0.3 is 4.90 Å². The summed E-state index contributed by atoms with van der Waals surface area (Å²) in [5.74, 6) is 0.393. The van der Waals surface area contributed by atoms with Crippen LogP contribution in [0.25, 0.3) is 0 Å². The molecule has 2 aliphatic heterocycles. The second kappa shape index (κ2) is 12.2. The molecule has 0 fully saturated rings. The summed E-state index contributed by atoms with van der Waals surface area (Å²) >= 11 is 0. The van der Waals surface area contributed by atoms with Crippen molar-refractivity contribution in [2.45, 2.75) is 66.5 Å². The molecule has 0 aromatic carbocycles. The quantitative estimate of drug-likeness (QED) is 0.477. The van der Waals surface area contributed by atoms with E-state index in [4.69, 9.17) is 0 Å². The lowest BCUT2D eigenvalue weighted by Crippen LogP contribution is -2.59. The summed E-state index contributed by atoms with van der Waals surface area (Å²) in [4.78, 5) is 30.1. The molecular weight excluding hydrogens is 400 g/mol. The minimum Gasteiger partial charge on any atom is -0.310 e. The molecular formula is C26H42N4O2. The largest absolute Gasteiger partial charge is 0.310 e. The van der Waals surface area contributed by atoms with Gasteiger partial charge in [-0.3, -0.25) is 19.5 Å². The molecule has 178 valence electrons. The minimum atomic E-state index is -0.150. The van der Waals surface area contributed by atoms with Crippen LogP contribution in [0, 0.1) is 5.92 Å². The molecule has 0 radical (unpaired) electrons. The Labute approximate surface area is 194 Å². The zero-order chi connectivity index (χ0) is 23.8. The van der Waals surface area contributed by atoms with Crippen molar-refractivity contribution in [3.05, 3.63) is 47.7 Å². The Morgan fingerprint density at radius 2 is 2.03 bits per heavy atom. The maximum absolute atomic E-state index is 13.3. The summed E-state index contributed by atoms with van der Waals surface area (Å²) in [7, 11) is 1.91. The fourth-order valence-electron chi connectivity index (χ4n) is 4.23. The van der Waals surface area contributed by atoms with Gasteiger partial charge in [-0.05, 0) is 62.8 Å². The molecule has 2 heterocycles. The van der Waals surface area contributed by atoms with Crippen molar-refractivity contribution in [3.63, 3.8) is 0 Å². The summed E-state index contributed by atoms with van der Waals surface area (Å²) in [5.41, 5.74) is 3.29. The van der Waals surface area contributed by atoms with Crippen LogP contribution < -0.4 is 0 Å². The van der Waals surface area contributed by atoms with Gasteiger partial charge in [0.15, 0.2) is 0 Å². The van der Waals surface area contributed by atoms with Crippen LogP contribution in [0.2, 0.25) is 0 Å². The van der Waals surface area contributed by atoms with Crippen LogP contribution in [0.5, 0.6) is 0 Å². The lowest BCUT2D eigenvalue weighted by atomic mass is 10.1. The fraction of sp³-hybridized carbons (Fsp3) is 0.615. The summed E-state index contributed by atoms with van der Waals surface area (Å²) in [6.45, 7) is 17.4. The highest BCUT2D eigenvalue weighted by atomic mass is 16.2. The van der Waals surface area contributed by atoms with Crippen molar-refractivity contribution >= 4 is 11.8 Å². The maximum atomic E-state index is 13.3. The maximum Gasteiger partial charge on any atom is 0.261 e. The van der Waals surface area contributed by atoms with E-state index in [-0.39, 0.29) is 24.5 Å². The Hall–Kier alpha value is -2.18. The van der Waals surface area contributed by atoms with E-state index in [1.54, 1.807) is 22.1 Å². The summed E-state index contributed by atoms with van der Waals surface area (Å²) in [6, 6.07) is 0. The van der Waals surface area contributed by atoms with Gasteiger partial charge in [-0.1, -0.05) is 45.9 Å². The highest BCUT2D eigenvalue weighted by molar-refractivity contribution is 5.92. The Morgan fingerprint density at radius 1 is 1.31 bits per heavy atom. The zero-order valence-corrected chi connectivity index (χ0v) is 20.9. The number of likely N-dealkylation sites (N-methyl/N-ethyl adjacent to an activating group) is 1. The molecule has 0 spiro atoms. The van der Waals surface area contributed by atoms with Gasteiger partial charge in [0.25, 0.3) is 5.91 Å². The molecule has 0 N–H and O–H groups in total. The zero-order valence-electron chi connectivity index (χ0n) is 20.9. The van der Waals surface area contributed by atoms with E-state index in [1.807, 2.05) is 18.1 Å². The first-order chi connectivity index (χ1) is 15.2. The van der Waals surface area contributed by atoms with E-state index in [1.165, 1.54) is 5.57 Å². The first-order valence-corrected chi connectivity index (χ1v) is 12.0. The molecule has 0 aromatic heterocycles. The molecule has 2 aliphatic rings. The summed E-state index contributed by atoms with van der Waals surface area (Å²) in [6.07, 6.45) is 11.4. The SMILES string of the molecule is C=CC1=C(/C=C(\C)CC)CCN1C(=O)CN1C(=O)C=CC(N(CCC)CCC(C)C)N1C. The molecule has 2 amide bonds. The topological polar surface area (TPSA) is 47.1 Å². The number of hydrogen-bond donors (Lipinski definition) is 0. The number of rotatable bonds is 11. The van der Waals surface area contributed by atoms with Crippen molar-refractivity contribution < 1.29 is 9.59 Å². The van der Waals surface area contributed by atoms with Gasteiger partial charge >= 0.3 is 0 Å². The molecule has 2 rings (SSSR count). The number of hydrogen-bond acceptors (Lipinski definition) is 4. The summed E-state index contributed by atoms with van der Waals surface area (Å²) < 4.78 is 0. The molecule has 0 saturated heterocycles. The van der Waals surface area contributed by atoms with Crippen LogP contribution >= 0.6 is 0 Å². The van der Waals surface area contributed by atoms with Crippen LogP contribution in [0.1, 0.15) is 60.3 Å². The van der Waals surface area contributed by atoms with Crippen molar-refractivity contribution in [3.8, 4) is 0 Å². The van der Waals surface area contributed by atoms with Crippen molar-refractivity contribution in [2.24, 2.45) is 5.92 Å². The normalized spacial score (nSPS) is 20.3. The highest BCUT2D eigenvalue weighted by Gasteiger charge is 2.34. The van der Waals surface area contributed by atoms with Gasteiger partial charge in [0.2, 0.25) is 5.91 Å². The van der Waals surface area contributed by atoms with Crippen molar-refractivity contribution in [1.82, 2.24) is 19.8 Å². The lowest BCUT2D eigenvalue weighted by molar-refractivity contribution is -0.159. The van der Waals surface area contributed by atoms with Crippen molar-refractivity contribution in [1.29, 1.82) is 0 Å². The molecule has 0 aliphatic carbocycles. The highest BCUT2D eigenvalue weighted by Crippen LogP contribution is 2.27. The Bertz CT molecular complexity index is 781. The van der Waals surface area contributed by atoms with Gasteiger partial charge in [0.1, 0.15) is 6.54 Å². The van der Waals surface area contributed by atoms with Gasteiger partial charge in [-0.15, -0.1) is 0 Å². The van der Waals surface area contributed by atoms with E-state index in [0.29, 0.717) is 12.5 Å². The number of amides is 2. The predicted molar refractivity (Wildman–Crippen MR) is 131 cm³/mol. The predicted octanol–water partition coefficient (Wildman–Crippen LogP) is 4.34. The first kappa shape index (κ1) is 26.1. The minimum absolute atomic E-state index is 0.0292. The van der Waals surface area contributed by atoms with Crippen LogP contribution in [-0.4, -0.2) is 71.0 Å². The Kier molecular flexibility index (Phi) is 9.91. The molecule has 1 atom stereocenters. The fourth-order valence-corrected chi connectivity index (χ4v) is 4.23. The number of carbonyl (C=O) groups is 2. The lowest BCUT2D eigenvalue weighted by Gasteiger charge is -2.44. The second-order valence-corrected chi connectivity index (χ2v) is 9.21. The first-order valence-electron chi connectivity index (χ1n) is 12.0. The number of hydrazine groups is 1.